The van der Waals surface area contributed by atoms with E-state index < -0.39 is 0 Å². The number of rotatable bonds is 12. The Bertz CT molecular complexity index is 1370. The highest BCUT2D eigenvalue weighted by molar-refractivity contribution is 9.10. The van der Waals surface area contributed by atoms with E-state index in [9.17, 15) is 4.79 Å². The number of nitrogens with zero attached hydrogens (tertiary/aromatic N) is 2. The molecule has 6 nitrogen and oxygen atoms in total. The molecule has 4 rings (SSSR count). The van der Waals surface area contributed by atoms with Crippen molar-refractivity contribution in [1.82, 2.24) is 10.4 Å². The summed E-state index contributed by atoms with van der Waals surface area (Å²) < 4.78 is 6.85. The van der Waals surface area contributed by atoms with Crippen molar-refractivity contribution in [3.05, 3.63) is 92.7 Å². The van der Waals surface area contributed by atoms with Gasteiger partial charge in [-0.25, -0.2) is 10.4 Å². The molecule has 9 heteroatoms. The first-order chi connectivity index (χ1) is 18.5. The molecule has 196 valence electrons. The lowest BCUT2D eigenvalue weighted by Crippen LogP contribution is -2.17. The molecule has 0 radical (unpaired) electrons. The highest BCUT2D eigenvalue weighted by atomic mass is 79.9. The van der Waals surface area contributed by atoms with Crippen LogP contribution in [0.1, 0.15) is 48.5 Å². The van der Waals surface area contributed by atoms with Gasteiger partial charge in [0.05, 0.1) is 18.5 Å². The lowest BCUT2D eigenvalue weighted by atomic mass is 10.1. The third kappa shape index (κ3) is 8.15. The molecule has 38 heavy (non-hydrogen) atoms. The number of halogens is 2. The van der Waals surface area contributed by atoms with Gasteiger partial charge in [-0.05, 0) is 61.0 Å². The number of aromatic nitrogens is 1. The topological polar surface area (TPSA) is 75.6 Å². The Morgan fingerprint density at radius 3 is 2.63 bits per heavy atom. The van der Waals surface area contributed by atoms with E-state index in [2.05, 4.69) is 43.7 Å². The van der Waals surface area contributed by atoms with Crippen LogP contribution in [-0.2, 0) is 0 Å². The standard InChI is InChI=1S/C29H28BrClN4O2S/c1-2-3-4-5-16-37-27-15-10-23(30)17-22(27)18-32-35-28(36)21-8-6-20(7-9-21)26-19-38-29(34-26)33-25-13-11-24(31)12-14-25/h6-15,17-19H,2-5,16H2,1H3,(H,33,34)(H,35,36)/b32-18-. The number of hydrogen-bond acceptors (Lipinski definition) is 6. The molecule has 1 heterocycles. The summed E-state index contributed by atoms with van der Waals surface area (Å²) in [4.78, 5) is 17.3. The average molecular weight is 612 g/mol. The SMILES string of the molecule is CCCCCCOc1ccc(Br)cc1/C=N\NC(=O)c1ccc(-c2csc(Nc3ccc(Cl)cc3)n2)cc1. The first kappa shape index (κ1) is 27.8. The van der Waals surface area contributed by atoms with Crippen LogP contribution in [0.5, 0.6) is 5.75 Å². The third-order valence-electron chi connectivity index (χ3n) is 5.64. The van der Waals surface area contributed by atoms with Crippen molar-refractivity contribution in [1.29, 1.82) is 0 Å². The van der Waals surface area contributed by atoms with Crippen LogP contribution in [0.15, 0.2) is 81.7 Å². The molecule has 0 aliphatic carbocycles. The Labute approximate surface area is 240 Å². The summed E-state index contributed by atoms with van der Waals surface area (Å²) in [5.41, 5.74) is 6.55. The lowest BCUT2D eigenvalue weighted by molar-refractivity contribution is 0.0955. The van der Waals surface area contributed by atoms with E-state index in [0.717, 1.165) is 50.7 Å². The van der Waals surface area contributed by atoms with Crippen LogP contribution < -0.4 is 15.5 Å². The number of hydrazone groups is 1. The molecule has 2 N–H and O–H groups in total. The fourth-order valence-electron chi connectivity index (χ4n) is 3.60. The van der Waals surface area contributed by atoms with Gasteiger partial charge in [-0.15, -0.1) is 11.3 Å². The summed E-state index contributed by atoms with van der Waals surface area (Å²) in [6.45, 7) is 2.84. The molecule has 0 saturated carbocycles. The summed E-state index contributed by atoms with van der Waals surface area (Å²) >= 11 is 10.9. The molecule has 0 saturated heterocycles. The van der Waals surface area contributed by atoms with Crippen LogP contribution in [0.4, 0.5) is 10.8 Å². The number of carbonyl (C=O) groups is 1. The van der Waals surface area contributed by atoms with E-state index in [1.54, 1.807) is 18.3 Å². The normalized spacial score (nSPS) is 11.0. The number of carbonyl (C=O) groups excluding carboxylic acids is 1. The Morgan fingerprint density at radius 1 is 1.08 bits per heavy atom. The van der Waals surface area contributed by atoms with Gasteiger partial charge in [-0.3, -0.25) is 4.79 Å². The van der Waals surface area contributed by atoms with Crippen molar-refractivity contribution < 1.29 is 9.53 Å². The van der Waals surface area contributed by atoms with E-state index >= 15 is 0 Å². The van der Waals surface area contributed by atoms with E-state index in [-0.39, 0.29) is 5.91 Å². The largest absolute Gasteiger partial charge is 0.493 e. The molecular formula is C29H28BrClN4O2S. The van der Waals surface area contributed by atoms with Gasteiger partial charge in [0.2, 0.25) is 0 Å². The first-order valence-electron chi connectivity index (χ1n) is 12.4. The minimum atomic E-state index is -0.298. The second kappa shape index (κ2) is 14.1. The van der Waals surface area contributed by atoms with E-state index in [1.165, 1.54) is 24.2 Å². The van der Waals surface area contributed by atoms with Gasteiger partial charge in [0.1, 0.15) is 5.75 Å². The molecular weight excluding hydrogens is 584 g/mol. The minimum absolute atomic E-state index is 0.298. The molecule has 4 aromatic rings. The molecule has 0 atom stereocenters. The van der Waals surface area contributed by atoms with Crippen LogP contribution >= 0.6 is 38.9 Å². The third-order valence-corrected chi connectivity index (χ3v) is 7.14. The second-order valence-corrected chi connectivity index (χ2v) is 10.7. The summed E-state index contributed by atoms with van der Waals surface area (Å²) in [6.07, 6.45) is 6.15. The Hall–Kier alpha value is -3.20. The zero-order valence-electron chi connectivity index (χ0n) is 20.9. The molecule has 0 unspecified atom stereocenters. The zero-order chi connectivity index (χ0) is 26.7. The second-order valence-electron chi connectivity index (χ2n) is 8.54. The van der Waals surface area contributed by atoms with Crippen molar-refractivity contribution in [2.24, 2.45) is 5.10 Å². The summed E-state index contributed by atoms with van der Waals surface area (Å²) in [6, 6.07) is 20.5. The molecule has 0 fully saturated rings. The maximum atomic E-state index is 12.6. The van der Waals surface area contributed by atoms with Gasteiger partial charge in [-0.1, -0.05) is 65.8 Å². The van der Waals surface area contributed by atoms with Gasteiger partial charge >= 0.3 is 0 Å². The number of hydrogen-bond donors (Lipinski definition) is 2. The van der Waals surface area contributed by atoms with Crippen LogP contribution in [0, 0.1) is 0 Å². The lowest BCUT2D eigenvalue weighted by Gasteiger charge is -2.09. The van der Waals surface area contributed by atoms with Crippen molar-refractivity contribution >= 4 is 61.8 Å². The number of thiazole rings is 1. The fraction of sp³-hybridized carbons (Fsp3) is 0.207. The average Bonchev–Trinajstić information content (AvgIpc) is 3.39. The minimum Gasteiger partial charge on any atom is -0.493 e. The van der Waals surface area contributed by atoms with Gasteiger partial charge < -0.3 is 10.1 Å². The highest BCUT2D eigenvalue weighted by Crippen LogP contribution is 2.28. The van der Waals surface area contributed by atoms with Crippen LogP contribution in [-0.4, -0.2) is 23.7 Å². The van der Waals surface area contributed by atoms with Crippen molar-refractivity contribution in [3.8, 4) is 17.0 Å². The Morgan fingerprint density at radius 2 is 1.87 bits per heavy atom. The van der Waals surface area contributed by atoms with E-state index in [1.807, 2.05) is 60.0 Å². The first-order valence-corrected chi connectivity index (χ1v) is 14.4. The molecule has 1 amide bonds. The van der Waals surface area contributed by atoms with Gasteiger partial charge in [0, 0.05) is 37.3 Å². The zero-order valence-corrected chi connectivity index (χ0v) is 24.1. The Kier molecular flexibility index (Phi) is 10.3. The molecule has 1 aromatic heterocycles. The predicted octanol–water partition coefficient (Wildman–Crippen LogP) is 8.69. The maximum absolute atomic E-state index is 12.6. The van der Waals surface area contributed by atoms with E-state index in [4.69, 9.17) is 16.3 Å². The van der Waals surface area contributed by atoms with Crippen LogP contribution in [0.25, 0.3) is 11.3 Å². The molecule has 0 aliphatic heterocycles. The quantitative estimate of drug-likeness (QED) is 0.0955. The predicted molar refractivity (Wildman–Crippen MR) is 161 cm³/mol. The maximum Gasteiger partial charge on any atom is 0.271 e. The van der Waals surface area contributed by atoms with Gasteiger partial charge in [0.25, 0.3) is 5.91 Å². The number of amides is 1. The summed E-state index contributed by atoms with van der Waals surface area (Å²) in [5, 5.41) is 10.9. The van der Waals surface area contributed by atoms with Crippen LogP contribution in [0.3, 0.4) is 0 Å². The highest BCUT2D eigenvalue weighted by Gasteiger charge is 2.09. The van der Waals surface area contributed by atoms with Crippen molar-refractivity contribution in [2.45, 2.75) is 32.6 Å². The Balaban J connectivity index is 1.33. The number of benzene rings is 3. The van der Waals surface area contributed by atoms with Gasteiger partial charge in [0.15, 0.2) is 5.13 Å². The van der Waals surface area contributed by atoms with Crippen molar-refractivity contribution in [2.75, 3.05) is 11.9 Å². The number of anilines is 2. The molecule has 0 bridgehead atoms. The smallest absolute Gasteiger partial charge is 0.271 e. The monoisotopic (exact) mass is 610 g/mol. The van der Waals surface area contributed by atoms with Crippen molar-refractivity contribution in [3.63, 3.8) is 0 Å². The van der Waals surface area contributed by atoms with Gasteiger partial charge in [-0.2, -0.15) is 5.10 Å². The summed E-state index contributed by atoms with van der Waals surface area (Å²) in [7, 11) is 0. The molecule has 3 aromatic carbocycles. The molecule has 0 aliphatic rings. The summed E-state index contributed by atoms with van der Waals surface area (Å²) in [5.74, 6) is 0.438. The van der Waals surface area contributed by atoms with Crippen LogP contribution in [0.2, 0.25) is 5.02 Å². The number of nitrogens with one attached hydrogen (secondary N) is 2. The molecule has 0 spiro atoms. The fourth-order valence-corrected chi connectivity index (χ4v) is 4.85. The number of unbranched alkanes of at least 4 members (excludes halogenated alkanes) is 3. The number of ether oxygens (including phenoxy) is 1. The van der Waals surface area contributed by atoms with E-state index in [0.29, 0.717) is 17.2 Å².